The third kappa shape index (κ3) is 3.35. The van der Waals surface area contributed by atoms with Crippen molar-refractivity contribution in [2.24, 2.45) is 5.41 Å². The Morgan fingerprint density at radius 2 is 2.00 bits per heavy atom. The van der Waals surface area contributed by atoms with Crippen LogP contribution in [0, 0.1) is 11.2 Å². The molecule has 0 bridgehead atoms. The molecule has 0 fully saturated rings. The molecule has 1 aromatic rings. The molecule has 0 saturated carbocycles. The standard InChI is InChI=1S/C14H22FNO2/c1-4-14(5-2,10-17)9-16-12-7-6-11(15)8-13(12)18-3/h6-8,16-17H,4-5,9-10H2,1-3H3. The molecule has 0 aromatic heterocycles. The number of hydrogen-bond donors (Lipinski definition) is 2. The third-order valence-corrected chi connectivity index (χ3v) is 3.65. The van der Waals surface area contributed by atoms with Crippen molar-refractivity contribution in [1.29, 1.82) is 0 Å². The lowest BCUT2D eigenvalue weighted by atomic mass is 9.83. The maximum atomic E-state index is 13.1. The van der Waals surface area contributed by atoms with Crippen molar-refractivity contribution in [3.05, 3.63) is 24.0 Å². The molecule has 0 atom stereocenters. The largest absolute Gasteiger partial charge is 0.494 e. The predicted molar refractivity (Wildman–Crippen MR) is 71.5 cm³/mol. The number of benzene rings is 1. The van der Waals surface area contributed by atoms with Crippen molar-refractivity contribution in [1.82, 2.24) is 0 Å². The number of methoxy groups -OCH3 is 1. The average Bonchev–Trinajstić information content (AvgIpc) is 2.42. The monoisotopic (exact) mass is 255 g/mol. The Bertz CT molecular complexity index is 370. The van der Waals surface area contributed by atoms with Crippen LogP contribution in [-0.2, 0) is 0 Å². The zero-order valence-electron chi connectivity index (χ0n) is 11.3. The molecule has 3 nitrogen and oxygen atoms in total. The quantitative estimate of drug-likeness (QED) is 0.787. The van der Waals surface area contributed by atoms with Gasteiger partial charge in [0.25, 0.3) is 0 Å². The third-order valence-electron chi connectivity index (χ3n) is 3.65. The zero-order valence-corrected chi connectivity index (χ0v) is 11.3. The van der Waals surface area contributed by atoms with E-state index in [1.54, 1.807) is 6.07 Å². The molecule has 0 radical (unpaired) electrons. The van der Waals surface area contributed by atoms with Crippen LogP contribution in [0.3, 0.4) is 0 Å². The van der Waals surface area contributed by atoms with Crippen LogP contribution in [0.1, 0.15) is 26.7 Å². The fourth-order valence-electron chi connectivity index (χ4n) is 1.87. The summed E-state index contributed by atoms with van der Waals surface area (Å²) in [7, 11) is 1.51. The summed E-state index contributed by atoms with van der Waals surface area (Å²) in [6, 6.07) is 4.39. The molecule has 18 heavy (non-hydrogen) atoms. The summed E-state index contributed by atoms with van der Waals surface area (Å²) in [6.07, 6.45) is 1.77. The van der Waals surface area contributed by atoms with E-state index < -0.39 is 0 Å². The van der Waals surface area contributed by atoms with Gasteiger partial charge in [0.15, 0.2) is 0 Å². The first-order valence-corrected chi connectivity index (χ1v) is 6.29. The van der Waals surface area contributed by atoms with Crippen molar-refractivity contribution < 1.29 is 14.2 Å². The number of hydrogen-bond acceptors (Lipinski definition) is 3. The number of ether oxygens (including phenoxy) is 1. The van der Waals surface area contributed by atoms with Crippen LogP contribution in [0.5, 0.6) is 5.75 Å². The van der Waals surface area contributed by atoms with Gasteiger partial charge in [-0.05, 0) is 25.0 Å². The average molecular weight is 255 g/mol. The molecule has 2 N–H and O–H groups in total. The normalized spacial score (nSPS) is 11.4. The van der Waals surface area contributed by atoms with E-state index in [0.717, 1.165) is 18.5 Å². The van der Waals surface area contributed by atoms with Crippen molar-refractivity contribution in [2.75, 3.05) is 25.6 Å². The number of anilines is 1. The fourth-order valence-corrected chi connectivity index (χ4v) is 1.87. The van der Waals surface area contributed by atoms with Crippen LogP contribution in [0.2, 0.25) is 0 Å². The first kappa shape index (κ1) is 14.8. The van der Waals surface area contributed by atoms with E-state index in [1.807, 2.05) is 0 Å². The summed E-state index contributed by atoms with van der Waals surface area (Å²) in [4.78, 5) is 0. The van der Waals surface area contributed by atoms with Crippen LogP contribution in [0.15, 0.2) is 18.2 Å². The summed E-state index contributed by atoms with van der Waals surface area (Å²) in [6.45, 7) is 4.89. The van der Waals surface area contributed by atoms with Crippen molar-refractivity contribution >= 4 is 5.69 Å². The first-order chi connectivity index (χ1) is 8.60. The summed E-state index contributed by atoms with van der Waals surface area (Å²) < 4.78 is 18.2. The Kier molecular flexibility index (Phi) is 5.41. The maximum absolute atomic E-state index is 13.1. The molecule has 0 aliphatic carbocycles. The minimum absolute atomic E-state index is 0.135. The Balaban J connectivity index is 2.79. The Morgan fingerprint density at radius 3 is 2.50 bits per heavy atom. The highest BCUT2D eigenvalue weighted by atomic mass is 19.1. The van der Waals surface area contributed by atoms with Gasteiger partial charge in [-0.15, -0.1) is 0 Å². The molecular weight excluding hydrogens is 233 g/mol. The van der Waals surface area contributed by atoms with E-state index in [2.05, 4.69) is 19.2 Å². The molecule has 102 valence electrons. The van der Waals surface area contributed by atoms with Crippen molar-refractivity contribution in [2.45, 2.75) is 26.7 Å². The Labute approximate surface area is 108 Å². The Morgan fingerprint density at radius 1 is 1.33 bits per heavy atom. The van der Waals surface area contributed by atoms with E-state index in [9.17, 15) is 9.50 Å². The van der Waals surface area contributed by atoms with Crippen LogP contribution in [0.25, 0.3) is 0 Å². The number of halogens is 1. The molecule has 0 amide bonds. The lowest BCUT2D eigenvalue weighted by Crippen LogP contribution is -2.32. The van der Waals surface area contributed by atoms with Crippen LogP contribution >= 0.6 is 0 Å². The smallest absolute Gasteiger partial charge is 0.144 e. The van der Waals surface area contributed by atoms with Crippen LogP contribution in [0.4, 0.5) is 10.1 Å². The highest BCUT2D eigenvalue weighted by molar-refractivity contribution is 5.56. The lowest BCUT2D eigenvalue weighted by molar-refractivity contribution is 0.127. The van der Waals surface area contributed by atoms with Gasteiger partial charge in [-0.25, -0.2) is 4.39 Å². The number of aliphatic hydroxyl groups excluding tert-OH is 1. The fraction of sp³-hybridized carbons (Fsp3) is 0.571. The summed E-state index contributed by atoms with van der Waals surface area (Å²) >= 11 is 0. The molecule has 0 aliphatic heterocycles. The van der Waals surface area contributed by atoms with E-state index in [4.69, 9.17) is 4.74 Å². The van der Waals surface area contributed by atoms with Gasteiger partial charge in [-0.2, -0.15) is 0 Å². The van der Waals surface area contributed by atoms with Gasteiger partial charge in [0.2, 0.25) is 0 Å². The zero-order chi connectivity index (χ0) is 13.6. The second kappa shape index (κ2) is 6.59. The van der Waals surface area contributed by atoms with Gasteiger partial charge >= 0.3 is 0 Å². The minimum atomic E-state index is -0.322. The summed E-state index contributed by atoms with van der Waals surface area (Å²) in [5.41, 5.74) is 0.609. The SMILES string of the molecule is CCC(CC)(CO)CNc1ccc(F)cc1OC. The number of rotatable bonds is 7. The highest BCUT2D eigenvalue weighted by Gasteiger charge is 2.25. The van der Waals surface area contributed by atoms with Gasteiger partial charge in [0, 0.05) is 18.0 Å². The molecule has 4 heteroatoms. The summed E-state index contributed by atoms with van der Waals surface area (Å²) in [5.74, 6) is 0.158. The number of nitrogens with one attached hydrogen (secondary N) is 1. The molecule has 1 aromatic carbocycles. The van der Waals surface area contributed by atoms with Gasteiger partial charge in [0.1, 0.15) is 11.6 Å². The van der Waals surface area contributed by atoms with Gasteiger partial charge in [-0.1, -0.05) is 13.8 Å². The second-order valence-corrected chi connectivity index (χ2v) is 4.56. The molecule has 0 saturated heterocycles. The van der Waals surface area contributed by atoms with E-state index in [-0.39, 0.29) is 17.8 Å². The molecule has 0 heterocycles. The molecule has 0 spiro atoms. The van der Waals surface area contributed by atoms with Crippen LogP contribution in [-0.4, -0.2) is 25.4 Å². The molecule has 1 rings (SSSR count). The number of aliphatic hydroxyl groups is 1. The van der Waals surface area contributed by atoms with Gasteiger partial charge < -0.3 is 15.2 Å². The maximum Gasteiger partial charge on any atom is 0.144 e. The summed E-state index contributed by atoms with van der Waals surface area (Å²) in [5, 5.41) is 12.7. The van der Waals surface area contributed by atoms with Gasteiger partial charge in [0.05, 0.1) is 19.4 Å². The van der Waals surface area contributed by atoms with Crippen LogP contribution < -0.4 is 10.1 Å². The Hall–Kier alpha value is -1.29. The molecule has 0 aliphatic rings. The topological polar surface area (TPSA) is 41.5 Å². The van der Waals surface area contributed by atoms with Crippen molar-refractivity contribution in [3.63, 3.8) is 0 Å². The predicted octanol–water partition coefficient (Wildman–Crippen LogP) is 3.04. The van der Waals surface area contributed by atoms with E-state index in [1.165, 1.54) is 19.2 Å². The molecule has 0 unspecified atom stereocenters. The van der Waals surface area contributed by atoms with Crippen molar-refractivity contribution in [3.8, 4) is 5.75 Å². The highest BCUT2D eigenvalue weighted by Crippen LogP contribution is 2.29. The van der Waals surface area contributed by atoms with Gasteiger partial charge in [-0.3, -0.25) is 0 Å². The second-order valence-electron chi connectivity index (χ2n) is 4.56. The first-order valence-electron chi connectivity index (χ1n) is 6.29. The lowest BCUT2D eigenvalue weighted by Gasteiger charge is -2.30. The minimum Gasteiger partial charge on any atom is -0.494 e. The van der Waals surface area contributed by atoms with E-state index in [0.29, 0.717) is 12.3 Å². The molecular formula is C14H22FNO2. The van der Waals surface area contributed by atoms with E-state index >= 15 is 0 Å².